The van der Waals surface area contributed by atoms with Gasteiger partial charge in [0, 0.05) is 19.6 Å². The number of halogens is 2. The molecular weight excluding hydrogens is 277 g/mol. The van der Waals surface area contributed by atoms with Crippen molar-refractivity contribution in [2.75, 3.05) is 13.1 Å². The van der Waals surface area contributed by atoms with E-state index in [1.165, 1.54) is 6.07 Å². The SMILES string of the molecule is O[C@@H]1CN(Cc2ccc(F)c(Br)c2)C[C@@H]1O. The van der Waals surface area contributed by atoms with Crippen LogP contribution in [-0.4, -0.2) is 40.4 Å². The Balaban J connectivity index is 2.02. The van der Waals surface area contributed by atoms with Crippen LogP contribution in [0.2, 0.25) is 0 Å². The van der Waals surface area contributed by atoms with E-state index in [0.717, 1.165) is 5.56 Å². The molecule has 1 fully saturated rings. The second kappa shape index (κ2) is 4.79. The number of hydrogen-bond acceptors (Lipinski definition) is 3. The first-order valence-corrected chi connectivity index (χ1v) is 5.88. The third-order valence-electron chi connectivity index (χ3n) is 2.72. The minimum atomic E-state index is -0.677. The Hall–Kier alpha value is -0.490. The first-order valence-electron chi connectivity index (χ1n) is 5.08. The van der Waals surface area contributed by atoms with Crippen LogP contribution in [-0.2, 0) is 6.54 Å². The van der Waals surface area contributed by atoms with Crippen LogP contribution in [0.4, 0.5) is 4.39 Å². The normalized spacial score (nSPS) is 26.2. The number of likely N-dealkylation sites (tertiary alicyclic amines) is 1. The highest BCUT2D eigenvalue weighted by molar-refractivity contribution is 9.10. The third-order valence-corrected chi connectivity index (χ3v) is 3.33. The lowest BCUT2D eigenvalue weighted by atomic mass is 10.2. The van der Waals surface area contributed by atoms with Gasteiger partial charge in [-0.25, -0.2) is 4.39 Å². The molecule has 0 radical (unpaired) electrons. The fourth-order valence-electron chi connectivity index (χ4n) is 1.87. The zero-order chi connectivity index (χ0) is 11.7. The zero-order valence-corrected chi connectivity index (χ0v) is 10.2. The van der Waals surface area contributed by atoms with E-state index in [1.807, 2.05) is 4.90 Å². The molecule has 2 atom stereocenters. The molecule has 0 bridgehead atoms. The minimum absolute atomic E-state index is 0.287. The second-order valence-electron chi connectivity index (χ2n) is 4.08. The van der Waals surface area contributed by atoms with Crippen LogP contribution < -0.4 is 0 Å². The van der Waals surface area contributed by atoms with Crippen LogP contribution in [0, 0.1) is 5.82 Å². The maximum Gasteiger partial charge on any atom is 0.137 e. The Bertz CT molecular complexity index is 378. The molecule has 0 saturated carbocycles. The largest absolute Gasteiger partial charge is 0.389 e. The first-order chi connectivity index (χ1) is 7.56. The Labute approximate surface area is 102 Å². The predicted octanol–water partition coefficient (Wildman–Crippen LogP) is 1.13. The molecule has 1 aromatic carbocycles. The van der Waals surface area contributed by atoms with Crippen LogP contribution in [0.3, 0.4) is 0 Å². The van der Waals surface area contributed by atoms with Crippen LogP contribution in [0.15, 0.2) is 22.7 Å². The Morgan fingerprint density at radius 1 is 1.31 bits per heavy atom. The smallest absolute Gasteiger partial charge is 0.137 e. The van der Waals surface area contributed by atoms with Crippen LogP contribution in [0.5, 0.6) is 0 Å². The van der Waals surface area contributed by atoms with Gasteiger partial charge in [0.2, 0.25) is 0 Å². The molecule has 2 N–H and O–H groups in total. The van der Waals surface area contributed by atoms with E-state index < -0.39 is 12.2 Å². The summed E-state index contributed by atoms with van der Waals surface area (Å²) < 4.78 is 13.4. The van der Waals surface area contributed by atoms with Gasteiger partial charge in [0.1, 0.15) is 5.82 Å². The number of hydrogen-bond donors (Lipinski definition) is 2. The topological polar surface area (TPSA) is 43.7 Å². The van der Waals surface area contributed by atoms with Crippen molar-refractivity contribution in [3.05, 3.63) is 34.1 Å². The van der Waals surface area contributed by atoms with Crippen molar-refractivity contribution in [3.63, 3.8) is 0 Å². The predicted molar refractivity (Wildman–Crippen MR) is 61.4 cm³/mol. The van der Waals surface area contributed by atoms with E-state index in [4.69, 9.17) is 0 Å². The summed E-state index contributed by atoms with van der Waals surface area (Å²) in [5.74, 6) is -0.287. The molecule has 0 unspecified atom stereocenters. The van der Waals surface area contributed by atoms with E-state index >= 15 is 0 Å². The molecular formula is C11H13BrFNO2. The lowest BCUT2D eigenvalue weighted by molar-refractivity contribution is 0.0572. The van der Waals surface area contributed by atoms with Crippen molar-refractivity contribution >= 4 is 15.9 Å². The van der Waals surface area contributed by atoms with E-state index in [-0.39, 0.29) is 5.82 Å². The highest BCUT2D eigenvalue weighted by Gasteiger charge is 2.29. The van der Waals surface area contributed by atoms with Crippen molar-refractivity contribution in [2.45, 2.75) is 18.8 Å². The molecule has 2 rings (SSSR count). The molecule has 16 heavy (non-hydrogen) atoms. The quantitative estimate of drug-likeness (QED) is 0.858. The fraction of sp³-hybridized carbons (Fsp3) is 0.455. The number of nitrogens with zero attached hydrogens (tertiary/aromatic N) is 1. The van der Waals surface area contributed by atoms with E-state index in [0.29, 0.717) is 24.1 Å². The van der Waals surface area contributed by atoms with Gasteiger partial charge in [-0.3, -0.25) is 4.90 Å². The van der Waals surface area contributed by atoms with Gasteiger partial charge in [0.15, 0.2) is 0 Å². The number of rotatable bonds is 2. The molecule has 88 valence electrons. The summed E-state index contributed by atoms with van der Waals surface area (Å²) in [5.41, 5.74) is 0.953. The summed E-state index contributed by atoms with van der Waals surface area (Å²) in [7, 11) is 0. The summed E-state index contributed by atoms with van der Waals surface area (Å²) in [6.07, 6.45) is -1.35. The van der Waals surface area contributed by atoms with Crippen molar-refractivity contribution < 1.29 is 14.6 Å². The molecule has 0 aromatic heterocycles. The van der Waals surface area contributed by atoms with Crippen molar-refractivity contribution in [3.8, 4) is 0 Å². The lowest BCUT2D eigenvalue weighted by Crippen LogP contribution is -2.22. The lowest BCUT2D eigenvalue weighted by Gasteiger charge is -2.14. The number of aliphatic hydroxyl groups is 2. The van der Waals surface area contributed by atoms with Gasteiger partial charge in [-0.1, -0.05) is 6.07 Å². The summed E-state index contributed by atoms with van der Waals surface area (Å²) in [6, 6.07) is 4.83. The van der Waals surface area contributed by atoms with E-state index in [1.54, 1.807) is 12.1 Å². The van der Waals surface area contributed by atoms with Gasteiger partial charge in [0.05, 0.1) is 16.7 Å². The van der Waals surface area contributed by atoms with Crippen LogP contribution in [0.1, 0.15) is 5.56 Å². The van der Waals surface area contributed by atoms with Gasteiger partial charge >= 0.3 is 0 Å². The van der Waals surface area contributed by atoms with Gasteiger partial charge in [0.25, 0.3) is 0 Å². The standard InChI is InChI=1S/C11H13BrFNO2/c12-8-3-7(1-2-9(8)13)4-14-5-10(15)11(16)6-14/h1-3,10-11,15-16H,4-6H2/t10-,11+. The average Bonchev–Trinajstić information content (AvgIpc) is 2.52. The highest BCUT2D eigenvalue weighted by Crippen LogP contribution is 2.19. The van der Waals surface area contributed by atoms with Gasteiger partial charge in [-0.05, 0) is 33.6 Å². The number of β-amino-alcohol motifs (C(OH)–C–C–N with tert-alkyl or cyclic N) is 2. The van der Waals surface area contributed by atoms with Gasteiger partial charge < -0.3 is 10.2 Å². The number of benzene rings is 1. The summed E-state index contributed by atoms with van der Waals surface area (Å²) in [6.45, 7) is 1.51. The van der Waals surface area contributed by atoms with Crippen LogP contribution in [0.25, 0.3) is 0 Å². The molecule has 1 aliphatic heterocycles. The molecule has 0 amide bonds. The number of aliphatic hydroxyl groups excluding tert-OH is 2. The summed E-state index contributed by atoms with van der Waals surface area (Å²) in [5, 5.41) is 18.8. The summed E-state index contributed by atoms with van der Waals surface area (Å²) >= 11 is 3.13. The molecule has 1 aliphatic rings. The maximum absolute atomic E-state index is 13.0. The Morgan fingerprint density at radius 3 is 2.50 bits per heavy atom. The molecule has 0 spiro atoms. The molecule has 5 heteroatoms. The van der Waals surface area contributed by atoms with Gasteiger partial charge in [-0.15, -0.1) is 0 Å². The van der Waals surface area contributed by atoms with Crippen molar-refractivity contribution in [2.24, 2.45) is 0 Å². The molecule has 0 aliphatic carbocycles. The molecule has 1 aromatic rings. The van der Waals surface area contributed by atoms with E-state index in [9.17, 15) is 14.6 Å². The molecule has 3 nitrogen and oxygen atoms in total. The zero-order valence-electron chi connectivity index (χ0n) is 8.61. The monoisotopic (exact) mass is 289 g/mol. The summed E-state index contributed by atoms with van der Waals surface area (Å²) in [4.78, 5) is 1.94. The average molecular weight is 290 g/mol. The van der Waals surface area contributed by atoms with E-state index in [2.05, 4.69) is 15.9 Å². The minimum Gasteiger partial charge on any atom is -0.389 e. The maximum atomic E-state index is 13.0. The van der Waals surface area contributed by atoms with Crippen LogP contribution >= 0.6 is 15.9 Å². The second-order valence-corrected chi connectivity index (χ2v) is 4.93. The fourth-order valence-corrected chi connectivity index (χ4v) is 2.30. The first kappa shape index (κ1) is 12.0. The highest BCUT2D eigenvalue weighted by atomic mass is 79.9. The van der Waals surface area contributed by atoms with Crippen molar-refractivity contribution in [1.29, 1.82) is 0 Å². The Morgan fingerprint density at radius 2 is 1.94 bits per heavy atom. The Kier molecular flexibility index (Phi) is 3.59. The van der Waals surface area contributed by atoms with Crippen molar-refractivity contribution in [1.82, 2.24) is 4.90 Å². The third kappa shape index (κ3) is 2.60. The van der Waals surface area contributed by atoms with Gasteiger partial charge in [-0.2, -0.15) is 0 Å². The molecule has 1 heterocycles. The molecule has 1 saturated heterocycles.